The summed E-state index contributed by atoms with van der Waals surface area (Å²) in [6.45, 7) is 14.1. The van der Waals surface area contributed by atoms with Crippen LogP contribution in [-0.2, 0) is 22.6 Å². The predicted molar refractivity (Wildman–Crippen MR) is 94.9 cm³/mol. The summed E-state index contributed by atoms with van der Waals surface area (Å²) in [6, 6.07) is 0. The molecule has 0 spiro atoms. The molecule has 0 saturated carbocycles. The third kappa shape index (κ3) is 5.05. The van der Waals surface area contributed by atoms with Crippen LogP contribution in [0.4, 0.5) is 0 Å². The number of piperidine rings is 1. The zero-order valence-corrected chi connectivity index (χ0v) is 15.6. The molecule has 0 radical (unpaired) electrons. The smallest absolute Gasteiger partial charge is 0.327 e. The maximum Gasteiger partial charge on any atom is 0.327 e. The van der Waals surface area contributed by atoms with Gasteiger partial charge in [0, 0.05) is 17.8 Å². The van der Waals surface area contributed by atoms with Crippen LogP contribution in [0.3, 0.4) is 0 Å². The first-order valence-electron chi connectivity index (χ1n) is 9.16. The van der Waals surface area contributed by atoms with Crippen molar-refractivity contribution >= 4 is 5.97 Å². The standard InChI is InChI=1S/C18H32N4O2/c1-5-19-11-16-7-9-21(10-8-16)12-17-14(3)20-22(15(17)4)13-18(23)24-6-2/h16,19H,5-13H2,1-4H3. The normalized spacial score (nSPS) is 16.5. The van der Waals surface area contributed by atoms with Gasteiger partial charge in [-0.25, -0.2) is 0 Å². The van der Waals surface area contributed by atoms with Gasteiger partial charge in [0.25, 0.3) is 0 Å². The average Bonchev–Trinajstić information content (AvgIpc) is 2.82. The van der Waals surface area contributed by atoms with E-state index in [4.69, 9.17) is 4.74 Å². The highest BCUT2D eigenvalue weighted by Crippen LogP contribution is 2.21. The molecular weight excluding hydrogens is 304 g/mol. The predicted octanol–water partition coefficient (Wildman–Crippen LogP) is 1.88. The molecule has 1 aliphatic rings. The van der Waals surface area contributed by atoms with Gasteiger partial charge in [-0.2, -0.15) is 5.10 Å². The lowest BCUT2D eigenvalue weighted by Gasteiger charge is -2.32. The van der Waals surface area contributed by atoms with Crippen LogP contribution in [0.5, 0.6) is 0 Å². The first-order valence-corrected chi connectivity index (χ1v) is 9.16. The van der Waals surface area contributed by atoms with Crippen LogP contribution in [0.25, 0.3) is 0 Å². The van der Waals surface area contributed by atoms with Gasteiger partial charge in [0.2, 0.25) is 0 Å². The molecule has 136 valence electrons. The lowest BCUT2D eigenvalue weighted by Crippen LogP contribution is -2.37. The van der Waals surface area contributed by atoms with E-state index >= 15 is 0 Å². The summed E-state index contributed by atoms with van der Waals surface area (Å²) in [6.07, 6.45) is 2.50. The fourth-order valence-corrected chi connectivity index (χ4v) is 3.37. The fourth-order valence-electron chi connectivity index (χ4n) is 3.37. The number of likely N-dealkylation sites (tertiary alicyclic amines) is 1. The van der Waals surface area contributed by atoms with Gasteiger partial charge in [0.05, 0.1) is 12.3 Å². The Hall–Kier alpha value is -1.40. The van der Waals surface area contributed by atoms with Crippen LogP contribution in [-0.4, -0.2) is 53.4 Å². The van der Waals surface area contributed by atoms with Crippen LogP contribution >= 0.6 is 0 Å². The maximum absolute atomic E-state index is 11.7. The molecule has 1 fully saturated rings. The van der Waals surface area contributed by atoms with Gasteiger partial charge < -0.3 is 10.1 Å². The Bertz CT molecular complexity index is 533. The number of nitrogens with one attached hydrogen (secondary N) is 1. The summed E-state index contributed by atoms with van der Waals surface area (Å²) in [4.78, 5) is 14.2. The van der Waals surface area contributed by atoms with Crippen molar-refractivity contribution in [1.29, 1.82) is 0 Å². The van der Waals surface area contributed by atoms with E-state index in [1.165, 1.54) is 18.4 Å². The first-order chi connectivity index (χ1) is 11.5. The molecular formula is C18H32N4O2. The number of carbonyl (C=O) groups is 1. The maximum atomic E-state index is 11.7. The molecule has 0 aromatic carbocycles. The Balaban J connectivity index is 1.91. The number of hydrogen-bond acceptors (Lipinski definition) is 5. The van der Waals surface area contributed by atoms with Gasteiger partial charge in [0.1, 0.15) is 6.54 Å². The van der Waals surface area contributed by atoms with Crippen LogP contribution in [0.1, 0.15) is 43.6 Å². The summed E-state index contributed by atoms with van der Waals surface area (Å²) in [5, 5.41) is 7.99. The molecule has 0 amide bonds. The number of aryl methyl sites for hydroxylation is 1. The van der Waals surface area contributed by atoms with E-state index in [0.29, 0.717) is 6.61 Å². The molecule has 1 aromatic rings. The second kappa shape index (κ2) is 9.18. The Morgan fingerprint density at radius 3 is 2.62 bits per heavy atom. The van der Waals surface area contributed by atoms with E-state index in [0.717, 1.165) is 50.0 Å². The van der Waals surface area contributed by atoms with E-state index in [2.05, 4.69) is 22.2 Å². The molecule has 1 N–H and O–H groups in total. The fraction of sp³-hybridized carbons (Fsp3) is 0.778. The minimum absolute atomic E-state index is 0.200. The van der Waals surface area contributed by atoms with E-state index in [1.54, 1.807) is 4.68 Å². The lowest BCUT2D eigenvalue weighted by atomic mass is 9.96. The Morgan fingerprint density at radius 2 is 2.00 bits per heavy atom. The lowest BCUT2D eigenvalue weighted by molar-refractivity contribution is -0.144. The number of esters is 1. The molecule has 6 nitrogen and oxygen atoms in total. The molecule has 6 heteroatoms. The second-order valence-corrected chi connectivity index (χ2v) is 6.64. The average molecular weight is 336 g/mol. The van der Waals surface area contributed by atoms with Crippen molar-refractivity contribution in [2.24, 2.45) is 5.92 Å². The molecule has 0 atom stereocenters. The van der Waals surface area contributed by atoms with E-state index in [1.807, 2.05) is 20.8 Å². The van der Waals surface area contributed by atoms with Crippen molar-refractivity contribution < 1.29 is 9.53 Å². The second-order valence-electron chi connectivity index (χ2n) is 6.64. The largest absolute Gasteiger partial charge is 0.465 e. The van der Waals surface area contributed by atoms with Crippen LogP contribution < -0.4 is 5.32 Å². The van der Waals surface area contributed by atoms with Crippen molar-refractivity contribution in [3.63, 3.8) is 0 Å². The summed E-state index contributed by atoms with van der Waals surface area (Å²) in [5.41, 5.74) is 3.35. The van der Waals surface area contributed by atoms with Crippen molar-refractivity contribution in [1.82, 2.24) is 20.0 Å². The van der Waals surface area contributed by atoms with Crippen LogP contribution in [0, 0.1) is 19.8 Å². The molecule has 0 unspecified atom stereocenters. The number of nitrogens with zero attached hydrogens (tertiary/aromatic N) is 3. The van der Waals surface area contributed by atoms with Gasteiger partial charge in [0.15, 0.2) is 0 Å². The molecule has 0 aliphatic carbocycles. The molecule has 24 heavy (non-hydrogen) atoms. The zero-order chi connectivity index (χ0) is 17.5. The van der Waals surface area contributed by atoms with E-state index in [9.17, 15) is 4.79 Å². The summed E-state index contributed by atoms with van der Waals surface area (Å²) in [5.74, 6) is 0.578. The summed E-state index contributed by atoms with van der Waals surface area (Å²) in [7, 11) is 0. The molecule has 2 rings (SSSR count). The number of ether oxygens (including phenoxy) is 1. The minimum atomic E-state index is -0.223. The van der Waals surface area contributed by atoms with Crippen LogP contribution in [0.2, 0.25) is 0 Å². The number of hydrogen-bond donors (Lipinski definition) is 1. The van der Waals surface area contributed by atoms with Gasteiger partial charge in [-0.05, 0) is 65.7 Å². The topological polar surface area (TPSA) is 59.4 Å². The van der Waals surface area contributed by atoms with Gasteiger partial charge in [-0.15, -0.1) is 0 Å². The zero-order valence-electron chi connectivity index (χ0n) is 15.6. The molecule has 2 heterocycles. The SMILES string of the molecule is CCNCC1CCN(Cc2c(C)nn(CC(=O)OCC)c2C)CC1. The molecule has 1 aromatic heterocycles. The third-order valence-corrected chi connectivity index (χ3v) is 4.89. The van der Waals surface area contributed by atoms with E-state index in [-0.39, 0.29) is 12.5 Å². The Kier molecular flexibility index (Phi) is 7.24. The third-order valence-electron chi connectivity index (χ3n) is 4.89. The van der Waals surface area contributed by atoms with Gasteiger partial charge in [-0.3, -0.25) is 14.4 Å². The number of aromatic nitrogens is 2. The van der Waals surface area contributed by atoms with Crippen molar-refractivity contribution in [2.45, 2.75) is 53.6 Å². The van der Waals surface area contributed by atoms with E-state index < -0.39 is 0 Å². The minimum Gasteiger partial charge on any atom is -0.465 e. The highest BCUT2D eigenvalue weighted by atomic mass is 16.5. The molecule has 0 bridgehead atoms. The van der Waals surface area contributed by atoms with Gasteiger partial charge in [-0.1, -0.05) is 6.92 Å². The van der Waals surface area contributed by atoms with Crippen LogP contribution in [0.15, 0.2) is 0 Å². The van der Waals surface area contributed by atoms with Crippen molar-refractivity contribution in [3.05, 3.63) is 17.0 Å². The highest BCUT2D eigenvalue weighted by molar-refractivity contribution is 5.69. The Morgan fingerprint density at radius 1 is 1.29 bits per heavy atom. The summed E-state index contributed by atoms with van der Waals surface area (Å²) < 4.78 is 6.81. The number of rotatable bonds is 8. The highest BCUT2D eigenvalue weighted by Gasteiger charge is 2.22. The first kappa shape index (κ1) is 18.9. The Labute approximate surface area is 145 Å². The molecule has 1 aliphatic heterocycles. The van der Waals surface area contributed by atoms with Crippen molar-refractivity contribution in [3.8, 4) is 0 Å². The number of carbonyl (C=O) groups excluding carboxylic acids is 1. The van der Waals surface area contributed by atoms with Gasteiger partial charge >= 0.3 is 5.97 Å². The quantitative estimate of drug-likeness (QED) is 0.735. The summed E-state index contributed by atoms with van der Waals surface area (Å²) >= 11 is 0. The molecule has 1 saturated heterocycles. The monoisotopic (exact) mass is 336 g/mol. The van der Waals surface area contributed by atoms with Crippen molar-refractivity contribution in [2.75, 3.05) is 32.8 Å².